The minimum atomic E-state index is -0.471. The molecule has 3 heterocycles. The average molecular weight is 647 g/mol. The average Bonchev–Trinajstić information content (AvgIpc) is 3.56. The van der Waals surface area contributed by atoms with Gasteiger partial charge in [0, 0.05) is 62.9 Å². The second-order valence-corrected chi connectivity index (χ2v) is 12.4. The van der Waals surface area contributed by atoms with Crippen LogP contribution in [0.3, 0.4) is 0 Å². The number of fused-ring (bicyclic) bond motifs is 1. The fraction of sp³-hybridized carbons (Fsp3) is 0.471. The highest BCUT2D eigenvalue weighted by Crippen LogP contribution is 2.35. The Balaban J connectivity index is 1.35. The van der Waals surface area contributed by atoms with Gasteiger partial charge in [0.2, 0.25) is 17.8 Å². The Morgan fingerprint density at radius 3 is 2.37 bits per heavy atom. The van der Waals surface area contributed by atoms with Gasteiger partial charge in [-0.15, -0.1) is 0 Å². The van der Waals surface area contributed by atoms with Gasteiger partial charge in [-0.3, -0.25) is 9.59 Å². The molecule has 0 aliphatic carbocycles. The van der Waals surface area contributed by atoms with Crippen LogP contribution in [0.15, 0.2) is 42.5 Å². The Bertz CT molecular complexity index is 1590. The number of hydrogen-bond donors (Lipinski definition) is 1. The monoisotopic (exact) mass is 646 g/mol. The molecule has 2 atom stereocenters. The van der Waals surface area contributed by atoms with Gasteiger partial charge < -0.3 is 34.3 Å². The number of amides is 2. The minimum Gasteiger partial charge on any atom is -0.493 e. The van der Waals surface area contributed by atoms with Crippen molar-refractivity contribution in [1.82, 2.24) is 19.8 Å². The summed E-state index contributed by atoms with van der Waals surface area (Å²) in [6.07, 6.45) is 2.98. The molecule has 2 aliphatic heterocycles. The number of methoxy groups -OCH3 is 2. The lowest BCUT2D eigenvalue weighted by Crippen LogP contribution is -2.49. The summed E-state index contributed by atoms with van der Waals surface area (Å²) >= 11 is 5.73. The molecule has 3 aromatic rings. The molecular formula is C34H42N6O5S. The molecule has 1 aromatic heterocycles. The third-order valence-corrected chi connectivity index (χ3v) is 9.31. The van der Waals surface area contributed by atoms with E-state index in [-0.39, 0.29) is 23.5 Å². The van der Waals surface area contributed by atoms with Crippen molar-refractivity contribution in [3.63, 3.8) is 0 Å². The van der Waals surface area contributed by atoms with E-state index < -0.39 is 6.04 Å². The van der Waals surface area contributed by atoms with Crippen LogP contribution in [0.5, 0.6) is 11.5 Å². The van der Waals surface area contributed by atoms with Crippen molar-refractivity contribution in [3.8, 4) is 11.5 Å². The molecule has 5 rings (SSSR count). The summed E-state index contributed by atoms with van der Waals surface area (Å²) in [5, 5.41) is 3.69. The third kappa shape index (κ3) is 7.55. The van der Waals surface area contributed by atoms with E-state index >= 15 is 0 Å². The van der Waals surface area contributed by atoms with Crippen molar-refractivity contribution in [2.75, 3.05) is 57.2 Å². The Morgan fingerprint density at radius 1 is 1.00 bits per heavy atom. The van der Waals surface area contributed by atoms with Crippen LogP contribution in [0, 0.1) is 5.92 Å². The molecule has 2 saturated heterocycles. The summed E-state index contributed by atoms with van der Waals surface area (Å²) < 4.78 is 11.1. The molecule has 244 valence electrons. The van der Waals surface area contributed by atoms with Crippen LogP contribution < -0.4 is 19.7 Å². The summed E-state index contributed by atoms with van der Waals surface area (Å²) in [6, 6.07) is 13.1. The number of Topliss-reactive ketones (excluding diaryl/α,β-unsaturated/α-hetero) is 1. The lowest BCUT2D eigenvalue weighted by atomic mass is 10.0. The molecule has 0 radical (unpaired) electrons. The van der Waals surface area contributed by atoms with Crippen LogP contribution in [-0.4, -0.2) is 95.3 Å². The maximum atomic E-state index is 13.8. The number of aryl methyl sites for hydroxylation is 1. The van der Waals surface area contributed by atoms with Gasteiger partial charge >= 0.3 is 0 Å². The highest BCUT2D eigenvalue weighted by molar-refractivity contribution is 7.80. The van der Waals surface area contributed by atoms with Crippen molar-refractivity contribution in [1.29, 1.82) is 0 Å². The van der Waals surface area contributed by atoms with Gasteiger partial charge in [-0.2, -0.15) is 4.98 Å². The fourth-order valence-electron chi connectivity index (χ4n) is 6.19. The predicted molar refractivity (Wildman–Crippen MR) is 182 cm³/mol. The number of ether oxygens (including phenoxy) is 2. The molecule has 1 unspecified atom stereocenters. The van der Waals surface area contributed by atoms with Gasteiger partial charge in [0.25, 0.3) is 0 Å². The van der Waals surface area contributed by atoms with E-state index in [1.807, 2.05) is 52.0 Å². The molecule has 0 bridgehead atoms. The second-order valence-electron chi connectivity index (χ2n) is 11.9. The van der Waals surface area contributed by atoms with Gasteiger partial charge in [-0.1, -0.05) is 49.5 Å². The molecule has 11 nitrogen and oxygen atoms in total. The Labute approximate surface area is 275 Å². The lowest BCUT2D eigenvalue weighted by Gasteiger charge is -2.35. The maximum Gasteiger partial charge on any atom is 0.248 e. The standard InChI is InChI=1S/C34H42N6O5S/c1-22(19-23(2)41)33(46)40-14-8-11-27(40)32(43)36-31-25-20-28(44-3)29(45-4)21-26(25)35-34(37-31)39-17-15-38(16-18-39)30(42)13-12-24-9-6-5-7-10-24/h5-7,9-10,20-22,27H,8,11-19H2,1-4H3,(H,35,36,37,43)/t22?,27-/m1/s1. The van der Waals surface area contributed by atoms with E-state index in [2.05, 4.69) is 5.32 Å². The number of carbonyl (C=O) groups is 3. The highest BCUT2D eigenvalue weighted by Gasteiger charge is 2.35. The van der Waals surface area contributed by atoms with Crippen molar-refractivity contribution in [2.24, 2.45) is 5.92 Å². The van der Waals surface area contributed by atoms with Crippen LogP contribution in [0.4, 0.5) is 11.8 Å². The zero-order chi connectivity index (χ0) is 32.8. The number of ketones is 1. The number of anilines is 2. The van der Waals surface area contributed by atoms with Crippen LogP contribution >= 0.6 is 12.2 Å². The summed E-state index contributed by atoms with van der Waals surface area (Å²) in [6.45, 7) is 6.36. The number of piperazine rings is 1. The molecule has 2 aromatic carbocycles. The van der Waals surface area contributed by atoms with E-state index in [4.69, 9.17) is 31.7 Å². The molecule has 0 saturated carbocycles. The summed E-state index contributed by atoms with van der Waals surface area (Å²) in [5.41, 5.74) is 1.74. The molecular weight excluding hydrogens is 604 g/mol. The number of benzene rings is 2. The van der Waals surface area contributed by atoms with Crippen molar-refractivity contribution in [2.45, 2.75) is 52.0 Å². The largest absolute Gasteiger partial charge is 0.493 e. The number of likely N-dealkylation sites (tertiary alicyclic amines) is 1. The van der Waals surface area contributed by atoms with Gasteiger partial charge in [0.1, 0.15) is 17.6 Å². The lowest BCUT2D eigenvalue weighted by molar-refractivity contribution is -0.131. The van der Waals surface area contributed by atoms with Crippen LogP contribution in [0.1, 0.15) is 45.1 Å². The second kappa shape index (κ2) is 14.8. The normalized spacial score (nSPS) is 17.1. The quantitative estimate of drug-likeness (QED) is 0.303. The first-order valence-electron chi connectivity index (χ1n) is 15.8. The fourth-order valence-corrected chi connectivity index (χ4v) is 6.50. The van der Waals surface area contributed by atoms with Crippen molar-refractivity contribution in [3.05, 3.63) is 48.0 Å². The van der Waals surface area contributed by atoms with Crippen LogP contribution in [-0.2, 0) is 20.8 Å². The Morgan fingerprint density at radius 2 is 1.70 bits per heavy atom. The molecule has 46 heavy (non-hydrogen) atoms. The summed E-state index contributed by atoms with van der Waals surface area (Å²) in [4.78, 5) is 54.7. The molecule has 12 heteroatoms. The first-order valence-corrected chi connectivity index (χ1v) is 16.2. The van der Waals surface area contributed by atoms with Gasteiger partial charge in [0.15, 0.2) is 11.5 Å². The SMILES string of the molecule is COc1cc2nc(N3CCN(C(=O)CCc4ccccc4)CC3)nc(NC(=O)[C@H]3CCCN3C(=S)C(C)CC(C)=O)c2cc1OC. The zero-order valence-corrected chi connectivity index (χ0v) is 27.8. The Hall–Kier alpha value is -4.32. The number of nitrogens with zero attached hydrogens (tertiary/aromatic N) is 5. The van der Waals surface area contributed by atoms with Gasteiger partial charge in [-0.05, 0) is 37.8 Å². The maximum absolute atomic E-state index is 13.8. The summed E-state index contributed by atoms with van der Waals surface area (Å²) in [7, 11) is 3.12. The highest BCUT2D eigenvalue weighted by atomic mass is 32.1. The van der Waals surface area contributed by atoms with Gasteiger partial charge in [0.05, 0.1) is 24.7 Å². The predicted octanol–water partition coefficient (Wildman–Crippen LogP) is 4.27. The topological polar surface area (TPSA) is 117 Å². The molecule has 2 fully saturated rings. The third-order valence-electron chi connectivity index (χ3n) is 8.67. The van der Waals surface area contributed by atoms with E-state index in [1.165, 1.54) is 0 Å². The number of rotatable bonds is 11. The van der Waals surface area contributed by atoms with E-state index in [9.17, 15) is 14.4 Å². The number of nitrogens with one attached hydrogen (secondary N) is 1. The number of hydrogen-bond acceptors (Lipinski definition) is 9. The summed E-state index contributed by atoms with van der Waals surface area (Å²) in [5.74, 6) is 1.67. The molecule has 2 amide bonds. The molecule has 0 spiro atoms. The molecule has 2 aliphatic rings. The Kier molecular flexibility index (Phi) is 10.7. The van der Waals surface area contributed by atoms with E-state index in [0.29, 0.717) is 97.6 Å². The number of aromatic nitrogens is 2. The van der Waals surface area contributed by atoms with E-state index in [0.717, 1.165) is 12.0 Å². The van der Waals surface area contributed by atoms with Crippen molar-refractivity contribution < 1.29 is 23.9 Å². The van der Waals surface area contributed by atoms with Crippen molar-refractivity contribution >= 4 is 57.5 Å². The number of carbonyl (C=O) groups excluding carboxylic acids is 3. The molecule has 1 N–H and O–H groups in total. The zero-order valence-electron chi connectivity index (χ0n) is 27.0. The van der Waals surface area contributed by atoms with Crippen LogP contribution in [0.2, 0.25) is 0 Å². The van der Waals surface area contributed by atoms with Gasteiger partial charge in [-0.25, -0.2) is 4.98 Å². The first kappa shape index (κ1) is 33.1. The smallest absolute Gasteiger partial charge is 0.248 e. The first-order chi connectivity index (χ1) is 22.2. The van der Waals surface area contributed by atoms with E-state index in [1.54, 1.807) is 33.3 Å². The van der Waals surface area contributed by atoms with Crippen LogP contribution in [0.25, 0.3) is 10.9 Å². The minimum absolute atomic E-state index is 0.0665. The number of thiocarbonyl (C=S) groups is 1.